The summed E-state index contributed by atoms with van der Waals surface area (Å²) < 4.78 is 5.67. The summed E-state index contributed by atoms with van der Waals surface area (Å²) in [6.07, 6.45) is 18.5. The topological polar surface area (TPSA) is 58.6 Å². The number of ether oxygens (including phenoxy) is 1. The third-order valence-electron chi connectivity index (χ3n) is 5.83. The average Bonchev–Trinajstić information content (AvgIpc) is 2.71. The van der Waals surface area contributed by atoms with Crippen molar-refractivity contribution in [1.29, 1.82) is 0 Å². The predicted molar refractivity (Wildman–Crippen MR) is 120 cm³/mol. The van der Waals surface area contributed by atoms with Gasteiger partial charge in [0.05, 0.1) is 6.04 Å². The fourth-order valence-electron chi connectivity index (χ4n) is 4.06. The minimum atomic E-state index is 0.0292. The molecule has 4 nitrogen and oxygen atoms in total. The molecule has 1 aliphatic heterocycles. The summed E-state index contributed by atoms with van der Waals surface area (Å²) in [5.74, 6) is 1.07. The minimum absolute atomic E-state index is 0.0292. The first-order chi connectivity index (χ1) is 14.2. The van der Waals surface area contributed by atoms with Crippen LogP contribution in [0.25, 0.3) is 0 Å². The summed E-state index contributed by atoms with van der Waals surface area (Å²) in [7, 11) is 0. The van der Waals surface area contributed by atoms with Gasteiger partial charge in [-0.05, 0) is 24.5 Å². The molecule has 0 saturated carbocycles. The number of rotatable bonds is 15. The highest BCUT2D eigenvalue weighted by atomic mass is 16.5. The largest absolute Gasteiger partial charge is 0.508 e. The number of hydrogen-bond donors (Lipinski definition) is 2. The van der Waals surface area contributed by atoms with Gasteiger partial charge in [0, 0.05) is 12.5 Å². The van der Waals surface area contributed by atoms with E-state index in [1.165, 1.54) is 70.6 Å². The molecule has 29 heavy (non-hydrogen) atoms. The van der Waals surface area contributed by atoms with E-state index in [9.17, 15) is 9.90 Å². The Morgan fingerprint density at radius 3 is 2.17 bits per heavy atom. The number of amides is 1. The van der Waals surface area contributed by atoms with E-state index >= 15 is 0 Å². The van der Waals surface area contributed by atoms with Crippen molar-refractivity contribution >= 4 is 5.91 Å². The van der Waals surface area contributed by atoms with Crippen LogP contribution in [0.3, 0.4) is 0 Å². The van der Waals surface area contributed by atoms with Gasteiger partial charge in [-0.15, -0.1) is 0 Å². The van der Waals surface area contributed by atoms with E-state index in [0.717, 1.165) is 30.6 Å². The van der Waals surface area contributed by atoms with Crippen molar-refractivity contribution < 1.29 is 14.6 Å². The zero-order valence-corrected chi connectivity index (χ0v) is 18.4. The first-order valence-electron chi connectivity index (χ1n) is 11.9. The quantitative estimate of drug-likeness (QED) is 0.338. The van der Waals surface area contributed by atoms with Gasteiger partial charge in [-0.2, -0.15) is 0 Å². The van der Waals surface area contributed by atoms with Crippen LogP contribution in [-0.4, -0.2) is 23.7 Å². The average molecular weight is 404 g/mol. The van der Waals surface area contributed by atoms with Crippen molar-refractivity contribution in [3.05, 3.63) is 23.8 Å². The zero-order valence-electron chi connectivity index (χ0n) is 18.4. The Morgan fingerprint density at radius 2 is 1.55 bits per heavy atom. The van der Waals surface area contributed by atoms with Gasteiger partial charge >= 0.3 is 0 Å². The normalized spacial score (nSPS) is 15.6. The molecule has 0 fully saturated rings. The molecule has 1 aliphatic rings. The molecule has 0 bridgehead atoms. The molecule has 0 aromatic heterocycles. The van der Waals surface area contributed by atoms with Crippen molar-refractivity contribution in [2.75, 3.05) is 6.61 Å². The van der Waals surface area contributed by atoms with Gasteiger partial charge < -0.3 is 15.2 Å². The smallest absolute Gasteiger partial charge is 0.220 e. The first kappa shape index (κ1) is 23.6. The second-order valence-electron chi connectivity index (χ2n) is 8.56. The summed E-state index contributed by atoms with van der Waals surface area (Å²) in [4.78, 5) is 12.2. The van der Waals surface area contributed by atoms with Gasteiger partial charge in [-0.25, -0.2) is 0 Å². The van der Waals surface area contributed by atoms with Crippen LogP contribution in [-0.2, 0) is 11.2 Å². The zero-order chi connectivity index (χ0) is 20.7. The molecule has 1 amide bonds. The van der Waals surface area contributed by atoms with Crippen molar-refractivity contribution in [3.8, 4) is 11.5 Å². The Bertz CT molecular complexity index is 587. The molecule has 1 aromatic rings. The van der Waals surface area contributed by atoms with Crippen LogP contribution in [0.1, 0.15) is 102 Å². The Balaban J connectivity index is 1.41. The number of fused-ring (bicyclic) bond motifs is 1. The summed E-state index contributed by atoms with van der Waals surface area (Å²) in [5, 5.41) is 12.6. The molecule has 1 atom stereocenters. The van der Waals surface area contributed by atoms with Gasteiger partial charge in [-0.3, -0.25) is 4.79 Å². The Labute approximate surface area is 177 Å². The molecular formula is C25H41NO3. The molecule has 0 aliphatic carbocycles. The maximum Gasteiger partial charge on any atom is 0.220 e. The molecule has 164 valence electrons. The Kier molecular flexibility index (Phi) is 11.6. The number of unbranched alkanes of at least 4 members (excludes halogenated alkanes) is 12. The van der Waals surface area contributed by atoms with Crippen molar-refractivity contribution in [2.45, 2.75) is 109 Å². The number of phenolic OH excluding ortho intramolecular Hbond substituents is 1. The number of phenols is 1. The van der Waals surface area contributed by atoms with Crippen LogP contribution < -0.4 is 10.1 Å². The van der Waals surface area contributed by atoms with Crippen molar-refractivity contribution in [1.82, 2.24) is 5.32 Å². The molecule has 1 heterocycles. The van der Waals surface area contributed by atoms with E-state index in [2.05, 4.69) is 12.2 Å². The molecular weight excluding hydrogens is 362 g/mol. The summed E-state index contributed by atoms with van der Waals surface area (Å²) in [6.45, 7) is 2.74. The maximum absolute atomic E-state index is 12.2. The predicted octanol–water partition coefficient (Wildman–Crippen LogP) is 6.29. The van der Waals surface area contributed by atoms with E-state index in [4.69, 9.17) is 4.74 Å². The number of aromatic hydroxyl groups is 1. The summed E-state index contributed by atoms with van der Waals surface area (Å²) in [6, 6.07) is 5.21. The molecule has 0 spiro atoms. The Morgan fingerprint density at radius 1 is 0.966 bits per heavy atom. The molecule has 2 rings (SSSR count). The fourth-order valence-corrected chi connectivity index (χ4v) is 4.06. The van der Waals surface area contributed by atoms with Gasteiger partial charge in [-0.1, -0.05) is 90.0 Å². The van der Waals surface area contributed by atoms with Crippen LogP contribution in [0.5, 0.6) is 11.5 Å². The van der Waals surface area contributed by atoms with Crippen LogP contribution in [0.2, 0.25) is 0 Å². The maximum atomic E-state index is 12.2. The van der Waals surface area contributed by atoms with Gasteiger partial charge in [0.2, 0.25) is 5.91 Å². The molecule has 1 unspecified atom stereocenters. The molecule has 0 saturated heterocycles. The third kappa shape index (κ3) is 10.0. The molecule has 4 heteroatoms. The highest BCUT2D eigenvalue weighted by Crippen LogP contribution is 2.28. The number of hydrogen-bond acceptors (Lipinski definition) is 3. The van der Waals surface area contributed by atoms with Gasteiger partial charge in [0.15, 0.2) is 0 Å². The highest BCUT2D eigenvalue weighted by Gasteiger charge is 2.21. The molecule has 2 N–H and O–H groups in total. The number of carbonyl (C=O) groups is 1. The Hall–Kier alpha value is -1.71. The van der Waals surface area contributed by atoms with Crippen molar-refractivity contribution in [3.63, 3.8) is 0 Å². The van der Waals surface area contributed by atoms with E-state index < -0.39 is 0 Å². The third-order valence-corrected chi connectivity index (χ3v) is 5.83. The number of nitrogens with one attached hydrogen (secondary N) is 1. The van der Waals surface area contributed by atoms with E-state index in [1.807, 2.05) is 6.07 Å². The highest BCUT2D eigenvalue weighted by molar-refractivity contribution is 5.76. The second-order valence-corrected chi connectivity index (χ2v) is 8.56. The lowest BCUT2D eigenvalue weighted by Crippen LogP contribution is -2.42. The lowest BCUT2D eigenvalue weighted by atomic mass is 10.0. The van der Waals surface area contributed by atoms with E-state index in [-0.39, 0.29) is 17.7 Å². The van der Waals surface area contributed by atoms with E-state index in [1.54, 1.807) is 12.1 Å². The lowest BCUT2D eigenvalue weighted by molar-refractivity contribution is -0.122. The molecule has 0 radical (unpaired) electrons. The van der Waals surface area contributed by atoms with E-state index in [0.29, 0.717) is 13.0 Å². The number of carbonyl (C=O) groups excluding carboxylic acids is 1. The standard InChI is InChI=1S/C25H41NO3/c1-2-3-4-5-6-7-8-9-10-11-12-13-14-15-25(28)26-22-18-21-16-17-23(27)19-24(21)29-20-22/h16-17,19,22,27H,2-15,18,20H2,1H3,(H,26,28). The van der Waals surface area contributed by atoms with Gasteiger partial charge in [0.1, 0.15) is 18.1 Å². The SMILES string of the molecule is CCCCCCCCCCCCCCCC(=O)NC1COc2cc(O)ccc2C1. The van der Waals surface area contributed by atoms with Gasteiger partial charge in [0.25, 0.3) is 0 Å². The van der Waals surface area contributed by atoms with Crippen LogP contribution in [0.4, 0.5) is 0 Å². The summed E-state index contributed by atoms with van der Waals surface area (Å²) >= 11 is 0. The molecule has 1 aromatic carbocycles. The fraction of sp³-hybridized carbons (Fsp3) is 0.720. The van der Waals surface area contributed by atoms with Crippen LogP contribution in [0, 0.1) is 0 Å². The van der Waals surface area contributed by atoms with Crippen LogP contribution >= 0.6 is 0 Å². The number of benzene rings is 1. The monoisotopic (exact) mass is 403 g/mol. The first-order valence-corrected chi connectivity index (χ1v) is 11.9. The lowest BCUT2D eigenvalue weighted by Gasteiger charge is -2.26. The minimum Gasteiger partial charge on any atom is -0.508 e. The van der Waals surface area contributed by atoms with Crippen molar-refractivity contribution in [2.24, 2.45) is 0 Å². The second kappa shape index (κ2) is 14.3. The summed E-state index contributed by atoms with van der Waals surface area (Å²) in [5.41, 5.74) is 1.04. The van der Waals surface area contributed by atoms with Crippen LogP contribution in [0.15, 0.2) is 18.2 Å².